The van der Waals surface area contributed by atoms with Gasteiger partial charge in [0, 0.05) is 6.07 Å². The van der Waals surface area contributed by atoms with Gasteiger partial charge in [-0.1, -0.05) is 44.0 Å². The van der Waals surface area contributed by atoms with Crippen LogP contribution in [0, 0.1) is 0 Å². The fraction of sp³-hybridized carbons (Fsp3) is 0.115. The van der Waals surface area contributed by atoms with Crippen LogP contribution in [0.5, 0.6) is 17.2 Å². The minimum absolute atomic E-state index is 0.239. The predicted octanol–water partition coefficient (Wildman–Crippen LogP) is 4.05. The Morgan fingerprint density at radius 2 is 0.971 bits per heavy atom. The highest BCUT2D eigenvalue weighted by atomic mass is 16.6. The molecule has 9 nitrogen and oxygen atoms in total. The number of rotatable bonds is 14. The Hall–Kier alpha value is -4.79. The average Bonchev–Trinajstić information content (AvgIpc) is 2.85. The third-order valence-corrected chi connectivity index (χ3v) is 3.97. The maximum atomic E-state index is 11.6. The standard InChI is InChI=1S/C26H24O9/c1-4-30-24(27)16-33-21-11-9-19(10-12-21)7-8-20-13-22(34-17-25(28)31-5-2)15-23(14-20)35-18-26(29)32-6-3/h4-15H,1-3,16-18H2. The van der Waals surface area contributed by atoms with E-state index in [1.165, 1.54) is 6.07 Å². The minimum Gasteiger partial charge on any atom is -0.482 e. The van der Waals surface area contributed by atoms with Crippen molar-refractivity contribution in [1.29, 1.82) is 0 Å². The second-order valence-electron chi connectivity index (χ2n) is 6.48. The largest absolute Gasteiger partial charge is 0.482 e. The third kappa shape index (κ3) is 10.1. The Morgan fingerprint density at radius 1 is 0.571 bits per heavy atom. The maximum absolute atomic E-state index is 11.6. The number of ether oxygens (including phenoxy) is 6. The lowest BCUT2D eigenvalue weighted by atomic mass is 10.1. The molecule has 0 amide bonds. The Bertz CT molecular complexity index is 1040. The highest BCUT2D eigenvalue weighted by Gasteiger charge is 2.08. The van der Waals surface area contributed by atoms with E-state index in [1.807, 2.05) is 6.08 Å². The van der Waals surface area contributed by atoms with E-state index >= 15 is 0 Å². The summed E-state index contributed by atoms with van der Waals surface area (Å²) in [6.07, 6.45) is 6.65. The fourth-order valence-corrected chi connectivity index (χ4v) is 2.53. The molecule has 35 heavy (non-hydrogen) atoms. The van der Waals surface area contributed by atoms with Gasteiger partial charge in [0.15, 0.2) is 19.8 Å². The lowest BCUT2D eigenvalue weighted by molar-refractivity contribution is -0.141. The number of benzene rings is 2. The van der Waals surface area contributed by atoms with E-state index in [9.17, 15) is 14.4 Å². The summed E-state index contributed by atoms with van der Waals surface area (Å²) < 4.78 is 30.1. The Labute approximate surface area is 202 Å². The van der Waals surface area contributed by atoms with Gasteiger partial charge in [-0.15, -0.1) is 0 Å². The zero-order valence-electron chi connectivity index (χ0n) is 18.8. The molecule has 2 rings (SSSR count). The summed E-state index contributed by atoms with van der Waals surface area (Å²) in [5, 5.41) is 0. The van der Waals surface area contributed by atoms with Gasteiger partial charge in [-0.05, 0) is 35.4 Å². The smallest absolute Gasteiger partial charge is 0.348 e. The summed E-state index contributed by atoms with van der Waals surface area (Å²) in [6, 6.07) is 11.8. The first-order valence-corrected chi connectivity index (χ1v) is 10.2. The maximum Gasteiger partial charge on any atom is 0.348 e. The zero-order valence-corrected chi connectivity index (χ0v) is 18.8. The van der Waals surface area contributed by atoms with Crippen molar-refractivity contribution < 1.29 is 42.8 Å². The van der Waals surface area contributed by atoms with Crippen LogP contribution in [0.4, 0.5) is 0 Å². The molecule has 0 aromatic heterocycles. The molecule has 0 spiro atoms. The molecule has 2 aromatic carbocycles. The van der Waals surface area contributed by atoms with E-state index in [0.29, 0.717) is 22.8 Å². The van der Waals surface area contributed by atoms with Gasteiger partial charge in [-0.3, -0.25) is 0 Å². The summed E-state index contributed by atoms with van der Waals surface area (Å²) in [6.45, 7) is 9.00. The molecule has 9 heteroatoms. The van der Waals surface area contributed by atoms with Gasteiger partial charge in [-0.2, -0.15) is 0 Å². The molecule has 2 aromatic rings. The topological polar surface area (TPSA) is 107 Å². The van der Waals surface area contributed by atoms with Gasteiger partial charge >= 0.3 is 17.9 Å². The molecule has 0 N–H and O–H groups in total. The molecule has 0 bridgehead atoms. The first-order chi connectivity index (χ1) is 16.9. The molecule has 0 aliphatic carbocycles. The Morgan fingerprint density at radius 3 is 1.40 bits per heavy atom. The van der Waals surface area contributed by atoms with Crippen molar-refractivity contribution in [3.63, 3.8) is 0 Å². The van der Waals surface area contributed by atoms with E-state index in [4.69, 9.17) is 14.2 Å². The second kappa shape index (κ2) is 14.4. The highest BCUT2D eigenvalue weighted by Crippen LogP contribution is 2.25. The van der Waals surface area contributed by atoms with Gasteiger partial charge in [0.2, 0.25) is 0 Å². The molecule has 0 saturated heterocycles. The van der Waals surface area contributed by atoms with E-state index in [0.717, 1.165) is 24.3 Å². The Balaban J connectivity index is 2.12. The number of carbonyl (C=O) groups excluding carboxylic acids is 3. The SMILES string of the molecule is C=COC(=O)COc1ccc(C=Cc2cc(OCC(=O)OC=C)cc(OCC(=O)OC=C)c2)cc1. The van der Waals surface area contributed by atoms with Gasteiger partial charge in [0.05, 0.1) is 18.8 Å². The van der Waals surface area contributed by atoms with Crippen molar-refractivity contribution in [2.75, 3.05) is 19.8 Å². The molecule has 0 aliphatic heterocycles. The molecule has 0 radical (unpaired) electrons. The molecule has 0 aliphatic rings. The molecule has 0 unspecified atom stereocenters. The van der Waals surface area contributed by atoms with Crippen LogP contribution in [0.25, 0.3) is 12.2 Å². The van der Waals surface area contributed by atoms with Crippen molar-refractivity contribution in [3.05, 3.63) is 92.1 Å². The molecule has 0 heterocycles. The van der Waals surface area contributed by atoms with Crippen LogP contribution in [0.15, 0.2) is 81.0 Å². The first-order valence-electron chi connectivity index (χ1n) is 10.2. The van der Waals surface area contributed by atoms with Crippen LogP contribution >= 0.6 is 0 Å². The minimum atomic E-state index is -0.627. The highest BCUT2D eigenvalue weighted by molar-refractivity contribution is 5.74. The zero-order chi connectivity index (χ0) is 25.5. The number of hydrogen-bond donors (Lipinski definition) is 0. The summed E-state index contributed by atoms with van der Waals surface area (Å²) in [7, 11) is 0. The normalized spacial score (nSPS) is 10.1. The Kier molecular flexibility index (Phi) is 10.9. The van der Waals surface area contributed by atoms with Crippen LogP contribution in [-0.2, 0) is 28.6 Å². The summed E-state index contributed by atoms with van der Waals surface area (Å²) >= 11 is 0. The summed E-state index contributed by atoms with van der Waals surface area (Å²) in [5.41, 5.74) is 1.50. The van der Waals surface area contributed by atoms with Crippen LogP contribution < -0.4 is 14.2 Å². The summed E-state index contributed by atoms with van der Waals surface area (Å²) in [5.74, 6) is -0.687. The van der Waals surface area contributed by atoms with E-state index in [-0.39, 0.29) is 19.8 Å². The number of carbonyl (C=O) groups is 3. The molecular weight excluding hydrogens is 456 g/mol. The van der Waals surface area contributed by atoms with Crippen LogP contribution in [0.2, 0.25) is 0 Å². The van der Waals surface area contributed by atoms with E-state index in [2.05, 4.69) is 33.9 Å². The number of hydrogen-bond acceptors (Lipinski definition) is 9. The van der Waals surface area contributed by atoms with Crippen molar-refractivity contribution in [3.8, 4) is 17.2 Å². The average molecular weight is 480 g/mol. The van der Waals surface area contributed by atoms with Gasteiger partial charge in [0.1, 0.15) is 17.2 Å². The third-order valence-electron chi connectivity index (χ3n) is 3.97. The molecule has 0 saturated carbocycles. The lowest BCUT2D eigenvalue weighted by Crippen LogP contribution is -2.13. The van der Waals surface area contributed by atoms with E-state index < -0.39 is 17.9 Å². The van der Waals surface area contributed by atoms with Crippen molar-refractivity contribution in [1.82, 2.24) is 0 Å². The van der Waals surface area contributed by atoms with Crippen molar-refractivity contribution in [2.45, 2.75) is 0 Å². The quantitative estimate of drug-likeness (QED) is 0.171. The predicted molar refractivity (Wildman–Crippen MR) is 127 cm³/mol. The van der Waals surface area contributed by atoms with Gasteiger partial charge in [0.25, 0.3) is 0 Å². The lowest BCUT2D eigenvalue weighted by Gasteiger charge is -2.10. The van der Waals surface area contributed by atoms with Crippen LogP contribution in [-0.4, -0.2) is 37.7 Å². The second-order valence-corrected chi connectivity index (χ2v) is 6.48. The van der Waals surface area contributed by atoms with Gasteiger partial charge < -0.3 is 28.4 Å². The van der Waals surface area contributed by atoms with Gasteiger partial charge in [-0.25, -0.2) is 14.4 Å². The fourth-order valence-electron chi connectivity index (χ4n) is 2.53. The molecular formula is C26H24O9. The van der Waals surface area contributed by atoms with Crippen molar-refractivity contribution in [2.24, 2.45) is 0 Å². The molecule has 0 atom stereocenters. The number of esters is 3. The van der Waals surface area contributed by atoms with E-state index in [1.54, 1.807) is 42.5 Å². The van der Waals surface area contributed by atoms with Crippen molar-refractivity contribution >= 4 is 30.1 Å². The molecule has 182 valence electrons. The van der Waals surface area contributed by atoms with Crippen LogP contribution in [0.1, 0.15) is 11.1 Å². The molecule has 0 fully saturated rings. The first kappa shape index (κ1) is 26.5. The monoisotopic (exact) mass is 480 g/mol. The summed E-state index contributed by atoms with van der Waals surface area (Å²) in [4.78, 5) is 34.4. The van der Waals surface area contributed by atoms with Crippen LogP contribution in [0.3, 0.4) is 0 Å².